The zero-order valence-corrected chi connectivity index (χ0v) is 9.19. The molecule has 0 atom stereocenters. The van der Waals surface area contributed by atoms with Crippen molar-refractivity contribution in [2.75, 3.05) is 20.8 Å². The molecule has 0 radical (unpaired) electrons. The fraction of sp³-hybridized carbons (Fsp3) is 0.364. The molecule has 0 unspecified atom stereocenters. The number of methoxy groups -OCH3 is 1. The first-order valence-corrected chi connectivity index (χ1v) is 4.70. The molecule has 82 valence electrons. The molecule has 1 aromatic carbocycles. The highest BCUT2D eigenvalue weighted by Gasteiger charge is 2.04. The topological polar surface area (TPSA) is 40.0 Å². The van der Waals surface area contributed by atoms with Gasteiger partial charge in [0.2, 0.25) is 0 Å². The lowest BCUT2D eigenvalue weighted by molar-refractivity contribution is 0.194. The van der Waals surface area contributed by atoms with E-state index < -0.39 is 0 Å². The molecule has 0 saturated carbocycles. The quantitative estimate of drug-likeness (QED) is 0.433. The predicted molar refractivity (Wildman–Crippen MR) is 58.2 cm³/mol. The highest BCUT2D eigenvalue weighted by molar-refractivity contribution is 5.93. The number of oxime groups is 1. The maximum absolute atomic E-state index is 5.33. The van der Waals surface area contributed by atoms with Crippen LogP contribution >= 0.6 is 0 Å². The minimum Gasteiger partial charge on any atom is -0.497 e. The second-order valence-corrected chi connectivity index (χ2v) is 2.74. The zero-order chi connectivity index (χ0) is 11.1. The van der Waals surface area contributed by atoms with Crippen molar-refractivity contribution in [3.63, 3.8) is 0 Å². The van der Waals surface area contributed by atoms with Crippen LogP contribution in [-0.4, -0.2) is 26.7 Å². The Labute approximate surface area is 89.4 Å². The van der Waals surface area contributed by atoms with E-state index >= 15 is 0 Å². The van der Waals surface area contributed by atoms with Gasteiger partial charge in [0.15, 0.2) is 0 Å². The van der Waals surface area contributed by atoms with Gasteiger partial charge in [-0.3, -0.25) is 0 Å². The molecular weight excluding hydrogens is 194 g/mol. The van der Waals surface area contributed by atoms with E-state index in [0.717, 1.165) is 11.3 Å². The van der Waals surface area contributed by atoms with Crippen molar-refractivity contribution < 1.29 is 14.3 Å². The van der Waals surface area contributed by atoms with Crippen LogP contribution in [0.3, 0.4) is 0 Å². The van der Waals surface area contributed by atoms with Crippen molar-refractivity contribution >= 4 is 5.90 Å². The Kier molecular flexibility index (Phi) is 4.47. The van der Waals surface area contributed by atoms with Crippen LogP contribution in [0.2, 0.25) is 0 Å². The van der Waals surface area contributed by atoms with Gasteiger partial charge in [0.05, 0.1) is 13.7 Å². The first-order valence-electron chi connectivity index (χ1n) is 4.70. The third-order valence-corrected chi connectivity index (χ3v) is 1.79. The summed E-state index contributed by atoms with van der Waals surface area (Å²) in [4.78, 5) is 4.70. The second kappa shape index (κ2) is 5.90. The molecule has 1 aromatic rings. The molecule has 1 rings (SSSR count). The summed E-state index contributed by atoms with van der Waals surface area (Å²) in [5.74, 6) is 1.27. The molecule has 4 heteroatoms. The van der Waals surface area contributed by atoms with Gasteiger partial charge in [-0.1, -0.05) is 0 Å². The number of hydrogen-bond acceptors (Lipinski definition) is 4. The Balaban J connectivity index is 2.86. The van der Waals surface area contributed by atoms with Crippen LogP contribution < -0.4 is 4.74 Å². The number of rotatable bonds is 4. The van der Waals surface area contributed by atoms with Crippen LogP contribution in [0, 0.1) is 0 Å². The van der Waals surface area contributed by atoms with E-state index in [4.69, 9.17) is 14.3 Å². The van der Waals surface area contributed by atoms with Crippen molar-refractivity contribution in [1.29, 1.82) is 0 Å². The summed E-state index contributed by atoms with van der Waals surface area (Å²) < 4.78 is 10.4. The van der Waals surface area contributed by atoms with E-state index in [-0.39, 0.29) is 0 Å². The maximum Gasteiger partial charge on any atom is 0.257 e. The smallest absolute Gasteiger partial charge is 0.257 e. The fourth-order valence-electron chi connectivity index (χ4n) is 1.12. The zero-order valence-electron chi connectivity index (χ0n) is 9.19. The largest absolute Gasteiger partial charge is 0.497 e. The van der Waals surface area contributed by atoms with Crippen molar-refractivity contribution in [1.82, 2.24) is 0 Å². The van der Waals surface area contributed by atoms with E-state index in [0.29, 0.717) is 12.5 Å². The molecule has 0 aromatic heterocycles. The maximum atomic E-state index is 5.33. The highest BCUT2D eigenvalue weighted by atomic mass is 16.6. The van der Waals surface area contributed by atoms with E-state index in [9.17, 15) is 0 Å². The third-order valence-electron chi connectivity index (χ3n) is 1.79. The lowest BCUT2D eigenvalue weighted by Crippen LogP contribution is -2.06. The molecule has 4 nitrogen and oxygen atoms in total. The summed E-state index contributed by atoms with van der Waals surface area (Å²) in [7, 11) is 3.12. The number of hydrogen-bond donors (Lipinski definition) is 0. The van der Waals surface area contributed by atoms with Crippen LogP contribution in [0.1, 0.15) is 12.5 Å². The molecule has 0 spiro atoms. The van der Waals surface area contributed by atoms with Crippen molar-refractivity contribution in [3.05, 3.63) is 29.8 Å². The lowest BCUT2D eigenvalue weighted by Gasteiger charge is -2.06. The minimum atomic E-state index is 0.475. The Hall–Kier alpha value is -1.71. The molecule has 0 aliphatic carbocycles. The molecular formula is C11H15NO3. The molecule has 0 saturated heterocycles. The number of ether oxygens (including phenoxy) is 2. The summed E-state index contributed by atoms with van der Waals surface area (Å²) in [6.07, 6.45) is 0. The van der Waals surface area contributed by atoms with Gasteiger partial charge in [0.1, 0.15) is 12.9 Å². The van der Waals surface area contributed by atoms with E-state index in [1.807, 2.05) is 31.2 Å². The van der Waals surface area contributed by atoms with Gasteiger partial charge in [-0.25, -0.2) is 0 Å². The molecule has 0 bridgehead atoms. The Morgan fingerprint density at radius 1 is 1.20 bits per heavy atom. The molecule has 0 heterocycles. The number of benzene rings is 1. The van der Waals surface area contributed by atoms with Crippen LogP contribution in [0.15, 0.2) is 29.4 Å². The summed E-state index contributed by atoms with van der Waals surface area (Å²) in [6, 6.07) is 7.43. The van der Waals surface area contributed by atoms with Crippen LogP contribution in [0.25, 0.3) is 0 Å². The van der Waals surface area contributed by atoms with Gasteiger partial charge in [-0.15, -0.1) is 0 Å². The van der Waals surface area contributed by atoms with Gasteiger partial charge in [-0.2, -0.15) is 0 Å². The van der Waals surface area contributed by atoms with E-state index in [1.165, 1.54) is 7.11 Å². The van der Waals surface area contributed by atoms with Crippen molar-refractivity contribution in [3.8, 4) is 5.75 Å². The van der Waals surface area contributed by atoms with Crippen LogP contribution in [0.4, 0.5) is 0 Å². The van der Waals surface area contributed by atoms with Crippen LogP contribution in [-0.2, 0) is 9.57 Å². The van der Waals surface area contributed by atoms with Gasteiger partial charge in [0, 0.05) is 5.56 Å². The minimum absolute atomic E-state index is 0.475. The molecule has 0 fully saturated rings. The number of nitrogens with zero attached hydrogens (tertiary/aromatic N) is 1. The Morgan fingerprint density at radius 2 is 1.87 bits per heavy atom. The Bertz CT molecular complexity index is 319. The van der Waals surface area contributed by atoms with Crippen LogP contribution in [0.5, 0.6) is 5.75 Å². The van der Waals surface area contributed by atoms with Crippen molar-refractivity contribution in [2.45, 2.75) is 6.92 Å². The van der Waals surface area contributed by atoms with Gasteiger partial charge < -0.3 is 14.3 Å². The predicted octanol–water partition coefficient (Wildman–Crippen LogP) is 2.04. The summed E-state index contributed by atoms with van der Waals surface area (Å²) in [6.45, 7) is 2.45. The first kappa shape index (κ1) is 11.4. The normalized spacial score (nSPS) is 11.0. The molecule has 0 N–H and O–H groups in total. The molecule has 0 amide bonds. The monoisotopic (exact) mass is 209 g/mol. The average Bonchev–Trinajstić information content (AvgIpc) is 2.29. The SMILES string of the molecule is CCO/C(=N\OC)c1ccc(OC)cc1. The van der Waals surface area contributed by atoms with Crippen molar-refractivity contribution in [2.24, 2.45) is 5.16 Å². The van der Waals surface area contributed by atoms with Gasteiger partial charge >= 0.3 is 0 Å². The standard InChI is InChI=1S/C11H15NO3/c1-4-15-11(12-14-3)9-5-7-10(13-2)8-6-9/h5-8H,4H2,1-3H3/b12-11-. The van der Waals surface area contributed by atoms with Gasteiger partial charge in [-0.05, 0) is 36.3 Å². The summed E-state index contributed by atoms with van der Waals surface area (Å²) >= 11 is 0. The molecule has 0 aliphatic rings. The highest BCUT2D eigenvalue weighted by Crippen LogP contribution is 2.12. The molecule has 15 heavy (non-hydrogen) atoms. The average molecular weight is 209 g/mol. The summed E-state index contributed by atoms with van der Waals surface area (Å²) in [5.41, 5.74) is 0.861. The Morgan fingerprint density at radius 3 is 2.33 bits per heavy atom. The molecule has 0 aliphatic heterocycles. The van der Waals surface area contributed by atoms with Gasteiger partial charge in [0.25, 0.3) is 5.90 Å². The summed E-state index contributed by atoms with van der Waals surface area (Å²) in [5, 5.41) is 3.79. The second-order valence-electron chi connectivity index (χ2n) is 2.74. The lowest BCUT2D eigenvalue weighted by atomic mass is 10.2. The third kappa shape index (κ3) is 3.16. The first-order chi connectivity index (χ1) is 7.31. The van der Waals surface area contributed by atoms with E-state index in [1.54, 1.807) is 7.11 Å². The van der Waals surface area contributed by atoms with E-state index in [2.05, 4.69) is 5.16 Å². The fourth-order valence-corrected chi connectivity index (χ4v) is 1.12.